The molecule has 0 amide bonds. The summed E-state index contributed by atoms with van der Waals surface area (Å²) in [5.74, 6) is -0.302. The summed E-state index contributed by atoms with van der Waals surface area (Å²) in [6.45, 7) is 0. The van der Waals surface area contributed by atoms with Crippen molar-refractivity contribution >= 4 is 17.4 Å². The standard InChI is InChI=1S/C12H12ClNO3/c13-7-11(16)8-1-3-9(4-2-8)12(17)10(15)5-6-14/h1-4,10,12,15,17H,5,7H2. The van der Waals surface area contributed by atoms with Gasteiger partial charge in [0.05, 0.1) is 24.5 Å². The summed E-state index contributed by atoms with van der Waals surface area (Å²) in [6.07, 6.45) is -2.41. The van der Waals surface area contributed by atoms with Gasteiger partial charge in [0.1, 0.15) is 6.10 Å². The van der Waals surface area contributed by atoms with Gasteiger partial charge in [0.15, 0.2) is 5.78 Å². The van der Waals surface area contributed by atoms with E-state index in [1.165, 1.54) is 24.3 Å². The molecule has 0 aliphatic carbocycles. The first-order valence-electron chi connectivity index (χ1n) is 5.02. The molecule has 1 aromatic rings. The smallest absolute Gasteiger partial charge is 0.177 e. The van der Waals surface area contributed by atoms with E-state index in [9.17, 15) is 15.0 Å². The molecule has 0 saturated carbocycles. The first-order valence-corrected chi connectivity index (χ1v) is 5.55. The summed E-state index contributed by atoms with van der Waals surface area (Å²) >= 11 is 5.41. The van der Waals surface area contributed by atoms with Crippen molar-refractivity contribution in [2.75, 3.05) is 5.88 Å². The number of carbonyl (C=O) groups excluding carboxylic acids is 1. The van der Waals surface area contributed by atoms with E-state index in [2.05, 4.69) is 0 Å². The molecule has 0 heterocycles. The molecule has 0 radical (unpaired) electrons. The number of benzene rings is 1. The molecule has 2 atom stereocenters. The van der Waals surface area contributed by atoms with E-state index >= 15 is 0 Å². The fourth-order valence-electron chi connectivity index (χ4n) is 1.37. The lowest BCUT2D eigenvalue weighted by atomic mass is 10.0. The van der Waals surface area contributed by atoms with E-state index in [-0.39, 0.29) is 18.1 Å². The highest BCUT2D eigenvalue weighted by atomic mass is 35.5. The normalized spacial score (nSPS) is 13.8. The van der Waals surface area contributed by atoms with Gasteiger partial charge < -0.3 is 10.2 Å². The maximum atomic E-state index is 11.2. The Kier molecular flexibility index (Phi) is 5.11. The van der Waals surface area contributed by atoms with Gasteiger partial charge in [0.25, 0.3) is 0 Å². The van der Waals surface area contributed by atoms with E-state index in [0.717, 1.165) is 0 Å². The van der Waals surface area contributed by atoms with Crippen LogP contribution in [0.5, 0.6) is 0 Å². The number of alkyl halides is 1. The Morgan fingerprint density at radius 1 is 1.35 bits per heavy atom. The number of halogens is 1. The van der Waals surface area contributed by atoms with Crippen molar-refractivity contribution in [2.45, 2.75) is 18.6 Å². The van der Waals surface area contributed by atoms with Crippen molar-refractivity contribution in [3.05, 3.63) is 35.4 Å². The zero-order chi connectivity index (χ0) is 12.8. The molecule has 0 spiro atoms. The molecule has 2 unspecified atom stereocenters. The lowest BCUT2D eigenvalue weighted by molar-refractivity contribution is 0.0216. The Bertz CT molecular complexity index is 424. The number of hydrogen-bond donors (Lipinski definition) is 2. The van der Waals surface area contributed by atoms with Gasteiger partial charge in [-0.25, -0.2) is 0 Å². The second-order valence-corrected chi connectivity index (χ2v) is 3.82. The number of carbonyl (C=O) groups is 1. The Balaban J connectivity index is 2.81. The van der Waals surface area contributed by atoms with Crippen molar-refractivity contribution in [1.82, 2.24) is 0 Å². The molecule has 0 aromatic heterocycles. The second-order valence-electron chi connectivity index (χ2n) is 3.55. The van der Waals surface area contributed by atoms with Gasteiger partial charge in [0, 0.05) is 5.56 Å². The van der Waals surface area contributed by atoms with Gasteiger partial charge in [-0.05, 0) is 5.56 Å². The maximum absolute atomic E-state index is 11.2. The molecular formula is C12H12ClNO3. The number of rotatable bonds is 5. The quantitative estimate of drug-likeness (QED) is 0.614. The molecule has 0 aliphatic rings. The number of aliphatic hydroxyl groups excluding tert-OH is 2. The van der Waals surface area contributed by atoms with Gasteiger partial charge >= 0.3 is 0 Å². The van der Waals surface area contributed by atoms with Crippen LogP contribution in [0.3, 0.4) is 0 Å². The summed E-state index contributed by atoms with van der Waals surface area (Å²) in [7, 11) is 0. The third-order valence-corrected chi connectivity index (χ3v) is 2.60. The van der Waals surface area contributed by atoms with E-state index in [0.29, 0.717) is 11.1 Å². The van der Waals surface area contributed by atoms with Crippen LogP contribution in [0, 0.1) is 11.3 Å². The van der Waals surface area contributed by atoms with Crippen molar-refractivity contribution in [3.63, 3.8) is 0 Å². The third-order valence-electron chi connectivity index (χ3n) is 2.36. The molecule has 4 nitrogen and oxygen atoms in total. The van der Waals surface area contributed by atoms with E-state index in [1.807, 2.05) is 0 Å². The summed E-state index contributed by atoms with van der Waals surface area (Å²) < 4.78 is 0. The molecule has 1 rings (SSSR count). The lowest BCUT2D eigenvalue weighted by Gasteiger charge is -2.15. The number of Topliss-reactive ketones (excluding diaryl/α,β-unsaturated/α-hetero) is 1. The third kappa shape index (κ3) is 3.53. The van der Waals surface area contributed by atoms with Gasteiger partial charge in [0.2, 0.25) is 0 Å². The summed E-state index contributed by atoms with van der Waals surface area (Å²) in [4.78, 5) is 11.2. The fourth-order valence-corrected chi connectivity index (χ4v) is 1.52. The first kappa shape index (κ1) is 13.7. The molecular weight excluding hydrogens is 242 g/mol. The van der Waals surface area contributed by atoms with Crippen LogP contribution in [0.2, 0.25) is 0 Å². The predicted octanol–water partition coefficient (Wildman–Crippen LogP) is 1.42. The summed E-state index contributed by atoms with van der Waals surface area (Å²) in [5, 5.41) is 27.5. The van der Waals surface area contributed by atoms with Crippen LogP contribution in [-0.2, 0) is 0 Å². The highest BCUT2D eigenvalue weighted by Gasteiger charge is 2.18. The highest BCUT2D eigenvalue weighted by Crippen LogP contribution is 2.19. The van der Waals surface area contributed by atoms with Crippen LogP contribution < -0.4 is 0 Å². The van der Waals surface area contributed by atoms with Crippen LogP contribution in [0.15, 0.2) is 24.3 Å². The molecule has 90 valence electrons. The highest BCUT2D eigenvalue weighted by molar-refractivity contribution is 6.30. The summed E-state index contributed by atoms with van der Waals surface area (Å²) in [5.41, 5.74) is 0.907. The van der Waals surface area contributed by atoms with E-state index < -0.39 is 12.2 Å². The molecule has 0 bridgehead atoms. The largest absolute Gasteiger partial charge is 0.389 e. The van der Waals surface area contributed by atoms with Gasteiger partial charge in [-0.15, -0.1) is 11.6 Å². The molecule has 0 aliphatic heterocycles. The predicted molar refractivity (Wildman–Crippen MR) is 62.7 cm³/mol. The van der Waals surface area contributed by atoms with Gasteiger partial charge in [-0.2, -0.15) is 5.26 Å². The topological polar surface area (TPSA) is 81.3 Å². The zero-order valence-corrected chi connectivity index (χ0v) is 9.76. The number of ketones is 1. The zero-order valence-electron chi connectivity index (χ0n) is 9.01. The van der Waals surface area contributed by atoms with Crippen molar-refractivity contribution in [2.24, 2.45) is 0 Å². The van der Waals surface area contributed by atoms with Crippen LogP contribution in [0.4, 0.5) is 0 Å². The SMILES string of the molecule is N#CCC(O)C(O)c1ccc(C(=O)CCl)cc1. The number of aliphatic hydroxyl groups is 2. The average Bonchev–Trinajstić information content (AvgIpc) is 2.37. The Labute approximate surface area is 104 Å². The Morgan fingerprint density at radius 3 is 2.41 bits per heavy atom. The average molecular weight is 254 g/mol. The molecule has 1 aromatic carbocycles. The number of nitriles is 1. The maximum Gasteiger partial charge on any atom is 0.177 e. The molecule has 5 heteroatoms. The van der Waals surface area contributed by atoms with E-state index in [1.54, 1.807) is 6.07 Å². The van der Waals surface area contributed by atoms with Gasteiger partial charge in [-0.1, -0.05) is 24.3 Å². The molecule has 0 fully saturated rings. The minimum absolute atomic E-state index is 0.0983. The van der Waals surface area contributed by atoms with Crippen LogP contribution >= 0.6 is 11.6 Å². The fraction of sp³-hybridized carbons (Fsp3) is 0.333. The second kappa shape index (κ2) is 6.36. The summed E-state index contributed by atoms with van der Waals surface area (Å²) in [6, 6.07) is 7.90. The monoisotopic (exact) mass is 253 g/mol. The Hall–Kier alpha value is -1.41. The van der Waals surface area contributed by atoms with Crippen molar-refractivity contribution < 1.29 is 15.0 Å². The minimum Gasteiger partial charge on any atom is -0.389 e. The Morgan fingerprint density at radius 2 is 1.94 bits per heavy atom. The van der Waals surface area contributed by atoms with Crippen molar-refractivity contribution in [1.29, 1.82) is 5.26 Å². The molecule has 0 saturated heterocycles. The van der Waals surface area contributed by atoms with Crippen LogP contribution in [0.1, 0.15) is 28.4 Å². The lowest BCUT2D eigenvalue weighted by Crippen LogP contribution is -2.17. The van der Waals surface area contributed by atoms with E-state index in [4.69, 9.17) is 16.9 Å². The van der Waals surface area contributed by atoms with Crippen molar-refractivity contribution in [3.8, 4) is 6.07 Å². The first-order chi connectivity index (χ1) is 8.10. The number of hydrogen-bond acceptors (Lipinski definition) is 4. The van der Waals surface area contributed by atoms with Gasteiger partial charge in [-0.3, -0.25) is 4.79 Å². The minimum atomic E-state index is -1.13. The van der Waals surface area contributed by atoms with Crippen LogP contribution in [-0.4, -0.2) is 28.0 Å². The molecule has 2 N–H and O–H groups in total. The number of nitrogens with zero attached hydrogens (tertiary/aromatic N) is 1. The molecule has 17 heavy (non-hydrogen) atoms. The van der Waals surface area contributed by atoms with Crippen LogP contribution in [0.25, 0.3) is 0 Å².